The number of allylic oxidation sites excluding steroid dienone is 1. The molecule has 0 fully saturated rings. The summed E-state index contributed by atoms with van der Waals surface area (Å²) in [6, 6.07) is 0. The first-order chi connectivity index (χ1) is 6.09. The van der Waals surface area contributed by atoms with E-state index in [2.05, 4.69) is 0 Å². The van der Waals surface area contributed by atoms with Gasteiger partial charge in [-0.1, -0.05) is 12.0 Å². The molecule has 0 aliphatic heterocycles. The Bertz CT molecular complexity index is 194. The molecular formula is C10H18O3. The Morgan fingerprint density at radius 3 is 2.23 bits per heavy atom. The minimum atomic E-state index is -0.834. The molecule has 0 spiro atoms. The van der Waals surface area contributed by atoms with E-state index < -0.39 is 5.97 Å². The summed E-state index contributed by atoms with van der Waals surface area (Å²) >= 11 is 0. The molecule has 3 nitrogen and oxygen atoms in total. The highest BCUT2D eigenvalue weighted by molar-refractivity contribution is 5.86. The Morgan fingerprint density at radius 2 is 1.77 bits per heavy atom. The highest BCUT2D eigenvalue weighted by atomic mass is 16.4. The minimum absolute atomic E-state index is 0.223. The Kier molecular flexibility index (Phi) is 6.24. The quantitative estimate of drug-likeness (QED) is 0.492. The molecule has 0 aromatic carbocycles. The van der Waals surface area contributed by atoms with Gasteiger partial charge in [0.2, 0.25) is 0 Å². The summed E-state index contributed by atoms with van der Waals surface area (Å²) in [5.74, 6) is -0.834. The summed E-state index contributed by atoms with van der Waals surface area (Å²) in [7, 11) is 0. The van der Waals surface area contributed by atoms with Crippen molar-refractivity contribution in [2.24, 2.45) is 0 Å². The summed E-state index contributed by atoms with van der Waals surface area (Å²) in [6.45, 7) is 3.70. The van der Waals surface area contributed by atoms with Gasteiger partial charge >= 0.3 is 5.97 Å². The first-order valence-corrected chi connectivity index (χ1v) is 4.60. The van der Waals surface area contributed by atoms with Gasteiger partial charge in [0, 0.05) is 12.2 Å². The molecule has 0 radical (unpaired) electrons. The fraction of sp³-hybridized carbons (Fsp3) is 0.700. The Balaban J connectivity index is 3.79. The normalized spacial score (nSPS) is 12.5. The standard InChI is InChI=1S/C10H18O3/c1-8(9(2)10(12)13)6-4-3-5-7-11/h11H,3-7H2,1-2H3,(H,12,13). The molecular weight excluding hydrogens is 168 g/mol. The number of aliphatic carboxylic acids is 1. The van der Waals surface area contributed by atoms with Gasteiger partial charge < -0.3 is 10.2 Å². The first kappa shape index (κ1) is 12.2. The molecule has 0 saturated heterocycles. The van der Waals surface area contributed by atoms with Crippen LogP contribution in [-0.4, -0.2) is 22.8 Å². The van der Waals surface area contributed by atoms with Gasteiger partial charge in [-0.2, -0.15) is 0 Å². The number of aliphatic hydroxyl groups is 1. The van der Waals surface area contributed by atoms with Crippen molar-refractivity contribution in [3.63, 3.8) is 0 Å². The first-order valence-electron chi connectivity index (χ1n) is 4.60. The van der Waals surface area contributed by atoms with E-state index in [0.717, 1.165) is 31.3 Å². The third kappa shape index (κ3) is 5.42. The van der Waals surface area contributed by atoms with Gasteiger partial charge in [0.05, 0.1) is 0 Å². The SMILES string of the molecule is CC(CCCCCO)=C(C)C(=O)O. The lowest BCUT2D eigenvalue weighted by molar-refractivity contribution is -0.132. The van der Waals surface area contributed by atoms with Gasteiger partial charge in [0.25, 0.3) is 0 Å². The van der Waals surface area contributed by atoms with Crippen LogP contribution in [0.25, 0.3) is 0 Å². The van der Waals surface area contributed by atoms with Crippen LogP contribution in [0.3, 0.4) is 0 Å². The van der Waals surface area contributed by atoms with Crippen LogP contribution in [-0.2, 0) is 4.79 Å². The number of carboxylic acids is 1. The number of aliphatic hydroxyl groups excluding tert-OH is 1. The van der Waals surface area contributed by atoms with Gasteiger partial charge in [0.15, 0.2) is 0 Å². The maximum atomic E-state index is 10.5. The summed E-state index contributed by atoms with van der Waals surface area (Å²) in [4.78, 5) is 10.5. The molecule has 0 aliphatic rings. The van der Waals surface area contributed by atoms with Gasteiger partial charge in [-0.15, -0.1) is 0 Å². The van der Waals surface area contributed by atoms with Crippen molar-refractivity contribution >= 4 is 5.97 Å². The molecule has 0 bridgehead atoms. The monoisotopic (exact) mass is 186 g/mol. The van der Waals surface area contributed by atoms with Gasteiger partial charge in [-0.25, -0.2) is 4.79 Å². The van der Waals surface area contributed by atoms with Crippen LogP contribution >= 0.6 is 0 Å². The fourth-order valence-electron chi connectivity index (χ4n) is 1.05. The molecule has 3 heteroatoms. The lowest BCUT2D eigenvalue weighted by Gasteiger charge is -2.03. The van der Waals surface area contributed by atoms with Crippen LogP contribution in [0.2, 0.25) is 0 Å². The van der Waals surface area contributed by atoms with Gasteiger partial charge in [0.1, 0.15) is 0 Å². The number of rotatable bonds is 6. The third-order valence-electron chi connectivity index (χ3n) is 2.17. The van der Waals surface area contributed by atoms with Crippen molar-refractivity contribution in [2.45, 2.75) is 39.5 Å². The smallest absolute Gasteiger partial charge is 0.331 e. The molecule has 0 amide bonds. The molecule has 0 aliphatic carbocycles. The number of carbonyl (C=O) groups is 1. The van der Waals surface area contributed by atoms with Crippen molar-refractivity contribution in [2.75, 3.05) is 6.61 Å². The molecule has 2 N–H and O–H groups in total. The molecule has 0 aromatic heterocycles. The lowest BCUT2D eigenvalue weighted by atomic mass is 10.0. The van der Waals surface area contributed by atoms with Crippen molar-refractivity contribution in [3.05, 3.63) is 11.1 Å². The average molecular weight is 186 g/mol. The topological polar surface area (TPSA) is 57.5 Å². The van der Waals surface area contributed by atoms with Crippen LogP contribution in [0.5, 0.6) is 0 Å². The second kappa shape index (κ2) is 6.66. The highest BCUT2D eigenvalue weighted by Gasteiger charge is 2.04. The molecule has 0 heterocycles. The second-order valence-electron chi connectivity index (χ2n) is 3.24. The molecule has 76 valence electrons. The van der Waals surface area contributed by atoms with Crippen molar-refractivity contribution in [1.82, 2.24) is 0 Å². The molecule has 0 aromatic rings. The summed E-state index contributed by atoms with van der Waals surface area (Å²) in [5.41, 5.74) is 1.38. The number of unbranched alkanes of at least 4 members (excludes halogenated alkanes) is 2. The van der Waals surface area contributed by atoms with E-state index in [-0.39, 0.29) is 6.61 Å². The van der Waals surface area contributed by atoms with E-state index >= 15 is 0 Å². The van der Waals surface area contributed by atoms with Crippen LogP contribution in [0, 0.1) is 0 Å². The van der Waals surface area contributed by atoms with Crippen LogP contribution < -0.4 is 0 Å². The van der Waals surface area contributed by atoms with Crippen molar-refractivity contribution in [1.29, 1.82) is 0 Å². The Labute approximate surface area is 79.1 Å². The summed E-state index contributed by atoms with van der Waals surface area (Å²) in [6.07, 6.45) is 3.54. The average Bonchev–Trinajstić information content (AvgIpc) is 2.10. The molecule has 13 heavy (non-hydrogen) atoms. The summed E-state index contributed by atoms with van der Waals surface area (Å²) < 4.78 is 0. The summed E-state index contributed by atoms with van der Waals surface area (Å²) in [5, 5.41) is 17.2. The van der Waals surface area contributed by atoms with Gasteiger partial charge in [-0.05, 0) is 33.1 Å². The van der Waals surface area contributed by atoms with E-state index in [4.69, 9.17) is 10.2 Å². The van der Waals surface area contributed by atoms with E-state index in [1.54, 1.807) is 6.92 Å². The Morgan fingerprint density at radius 1 is 1.15 bits per heavy atom. The lowest BCUT2D eigenvalue weighted by Crippen LogP contribution is -1.99. The zero-order valence-corrected chi connectivity index (χ0v) is 8.34. The number of hydrogen-bond acceptors (Lipinski definition) is 2. The van der Waals surface area contributed by atoms with E-state index in [1.807, 2.05) is 6.92 Å². The maximum absolute atomic E-state index is 10.5. The predicted molar refractivity (Wildman–Crippen MR) is 51.6 cm³/mol. The zero-order chi connectivity index (χ0) is 10.3. The van der Waals surface area contributed by atoms with E-state index in [1.165, 1.54) is 0 Å². The van der Waals surface area contributed by atoms with Crippen LogP contribution in [0.1, 0.15) is 39.5 Å². The largest absolute Gasteiger partial charge is 0.478 e. The maximum Gasteiger partial charge on any atom is 0.331 e. The second-order valence-corrected chi connectivity index (χ2v) is 3.24. The molecule has 0 atom stereocenters. The van der Waals surface area contributed by atoms with Crippen LogP contribution in [0.15, 0.2) is 11.1 Å². The number of hydrogen-bond donors (Lipinski definition) is 2. The molecule has 0 saturated carbocycles. The van der Waals surface area contributed by atoms with E-state index in [0.29, 0.717) is 5.57 Å². The van der Waals surface area contributed by atoms with Crippen molar-refractivity contribution < 1.29 is 15.0 Å². The molecule has 0 unspecified atom stereocenters. The van der Waals surface area contributed by atoms with Crippen molar-refractivity contribution in [3.8, 4) is 0 Å². The molecule has 0 rings (SSSR count). The Hall–Kier alpha value is -0.830. The predicted octanol–water partition coefficient (Wildman–Crippen LogP) is 1.96. The van der Waals surface area contributed by atoms with Crippen LogP contribution in [0.4, 0.5) is 0 Å². The zero-order valence-electron chi connectivity index (χ0n) is 8.34. The minimum Gasteiger partial charge on any atom is -0.478 e. The highest BCUT2D eigenvalue weighted by Crippen LogP contribution is 2.12. The van der Waals surface area contributed by atoms with Gasteiger partial charge in [-0.3, -0.25) is 0 Å². The fourth-order valence-corrected chi connectivity index (χ4v) is 1.05. The third-order valence-corrected chi connectivity index (χ3v) is 2.17. The number of carboxylic acid groups (broad SMARTS) is 1. The van der Waals surface area contributed by atoms with E-state index in [9.17, 15) is 4.79 Å².